The number of anilines is 2. The summed E-state index contributed by atoms with van der Waals surface area (Å²) in [4.78, 5) is 23.8. The highest BCUT2D eigenvalue weighted by Crippen LogP contribution is 2.15. The summed E-state index contributed by atoms with van der Waals surface area (Å²) in [6.07, 6.45) is 3.61. The van der Waals surface area contributed by atoms with Crippen molar-refractivity contribution in [3.8, 4) is 0 Å². The van der Waals surface area contributed by atoms with Crippen LogP contribution in [0, 0.1) is 0 Å². The SMILES string of the molecule is O=C(NC1CCN(Cc2ccccc2)CC1)c1cccc(Nc2ccccn2)n1. The van der Waals surface area contributed by atoms with E-state index in [2.05, 4.69) is 49.8 Å². The minimum absolute atomic E-state index is 0.129. The zero-order chi connectivity index (χ0) is 19.9. The fraction of sp³-hybridized carbons (Fsp3) is 0.261. The molecular weight excluding hydrogens is 362 g/mol. The van der Waals surface area contributed by atoms with Crippen LogP contribution in [0.2, 0.25) is 0 Å². The number of nitrogens with zero attached hydrogens (tertiary/aromatic N) is 3. The lowest BCUT2D eigenvalue weighted by atomic mass is 10.0. The predicted molar refractivity (Wildman–Crippen MR) is 114 cm³/mol. The first kappa shape index (κ1) is 19.1. The molecule has 3 aromatic rings. The molecule has 148 valence electrons. The van der Waals surface area contributed by atoms with Gasteiger partial charge in [0.05, 0.1) is 0 Å². The van der Waals surface area contributed by atoms with Gasteiger partial charge in [-0.3, -0.25) is 9.69 Å². The second-order valence-electron chi connectivity index (χ2n) is 7.26. The monoisotopic (exact) mass is 387 g/mol. The Morgan fingerprint density at radius 3 is 2.45 bits per heavy atom. The smallest absolute Gasteiger partial charge is 0.270 e. The minimum atomic E-state index is -0.129. The van der Waals surface area contributed by atoms with Gasteiger partial charge in [-0.1, -0.05) is 42.5 Å². The summed E-state index contributed by atoms with van der Waals surface area (Å²) in [7, 11) is 0. The molecule has 1 aliphatic heterocycles. The van der Waals surface area contributed by atoms with Crippen molar-refractivity contribution in [1.29, 1.82) is 0 Å². The molecule has 4 rings (SSSR count). The van der Waals surface area contributed by atoms with Gasteiger partial charge in [-0.15, -0.1) is 0 Å². The second kappa shape index (κ2) is 9.30. The summed E-state index contributed by atoms with van der Waals surface area (Å²) in [5, 5.41) is 6.26. The second-order valence-corrected chi connectivity index (χ2v) is 7.26. The van der Waals surface area contributed by atoms with E-state index in [1.54, 1.807) is 12.3 Å². The van der Waals surface area contributed by atoms with Crippen molar-refractivity contribution in [2.45, 2.75) is 25.4 Å². The third kappa shape index (κ3) is 5.39. The summed E-state index contributed by atoms with van der Waals surface area (Å²) in [6.45, 7) is 2.92. The number of aromatic nitrogens is 2. The van der Waals surface area contributed by atoms with Crippen molar-refractivity contribution in [2.75, 3.05) is 18.4 Å². The molecule has 6 nitrogen and oxygen atoms in total. The molecule has 2 aromatic heterocycles. The lowest BCUT2D eigenvalue weighted by Crippen LogP contribution is -2.44. The lowest BCUT2D eigenvalue weighted by Gasteiger charge is -2.32. The van der Waals surface area contributed by atoms with Gasteiger partial charge in [0.25, 0.3) is 5.91 Å². The van der Waals surface area contributed by atoms with E-state index in [0.29, 0.717) is 17.3 Å². The number of piperidine rings is 1. The highest BCUT2D eigenvalue weighted by atomic mass is 16.1. The van der Waals surface area contributed by atoms with E-state index in [0.717, 1.165) is 32.5 Å². The Balaban J connectivity index is 1.29. The topological polar surface area (TPSA) is 70.2 Å². The van der Waals surface area contributed by atoms with Crippen LogP contribution in [0.3, 0.4) is 0 Å². The number of hydrogen-bond donors (Lipinski definition) is 2. The first-order valence-corrected chi connectivity index (χ1v) is 9.98. The number of rotatable bonds is 6. The van der Waals surface area contributed by atoms with Gasteiger partial charge in [-0.2, -0.15) is 0 Å². The van der Waals surface area contributed by atoms with Gasteiger partial charge in [0.2, 0.25) is 0 Å². The molecule has 1 aromatic carbocycles. The van der Waals surface area contributed by atoms with Gasteiger partial charge in [0, 0.05) is 31.9 Å². The molecule has 3 heterocycles. The predicted octanol–water partition coefficient (Wildman–Crippen LogP) is 3.61. The first-order chi connectivity index (χ1) is 14.3. The molecule has 0 unspecified atom stereocenters. The maximum atomic E-state index is 12.7. The molecule has 1 amide bonds. The molecule has 0 atom stereocenters. The van der Waals surface area contributed by atoms with Crippen LogP contribution in [0.1, 0.15) is 28.9 Å². The molecule has 29 heavy (non-hydrogen) atoms. The maximum absolute atomic E-state index is 12.7. The molecule has 0 saturated carbocycles. The highest BCUT2D eigenvalue weighted by molar-refractivity contribution is 5.92. The number of amides is 1. The lowest BCUT2D eigenvalue weighted by molar-refractivity contribution is 0.0904. The average molecular weight is 387 g/mol. The molecule has 2 N–H and O–H groups in total. The molecular formula is C23H25N5O. The molecule has 0 bridgehead atoms. The molecule has 0 spiro atoms. The third-order valence-corrected chi connectivity index (χ3v) is 5.07. The zero-order valence-electron chi connectivity index (χ0n) is 16.3. The summed E-state index contributed by atoms with van der Waals surface area (Å²) in [5.41, 5.74) is 1.74. The quantitative estimate of drug-likeness (QED) is 0.676. The molecule has 1 saturated heterocycles. The normalized spacial score (nSPS) is 15.0. The van der Waals surface area contributed by atoms with Gasteiger partial charge in [0.1, 0.15) is 17.3 Å². The van der Waals surface area contributed by atoms with E-state index < -0.39 is 0 Å². The van der Waals surface area contributed by atoms with E-state index in [4.69, 9.17) is 0 Å². The van der Waals surface area contributed by atoms with Crippen molar-refractivity contribution in [2.24, 2.45) is 0 Å². The van der Waals surface area contributed by atoms with Crippen LogP contribution < -0.4 is 10.6 Å². The van der Waals surface area contributed by atoms with Gasteiger partial charge in [-0.25, -0.2) is 9.97 Å². The zero-order valence-corrected chi connectivity index (χ0v) is 16.3. The highest BCUT2D eigenvalue weighted by Gasteiger charge is 2.21. The first-order valence-electron chi connectivity index (χ1n) is 9.98. The van der Waals surface area contributed by atoms with Crippen molar-refractivity contribution < 1.29 is 4.79 Å². The number of nitrogens with one attached hydrogen (secondary N) is 2. The van der Waals surface area contributed by atoms with E-state index in [1.807, 2.05) is 36.4 Å². The number of carbonyl (C=O) groups is 1. The Labute approximate surface area is 171 Å². The number of hydrogen-bond acceptors (Lipinski definition) is 5. The number of carbonyl (C=O) groups excluding carboxylic acids is 1. The molecule has 1 aliphatic rings. The molecule has 0 aliphatic carbocycles. The van der Waals surface area contributed by atoms with Crippen LogP contribution in [-0.2, 0) is 6.54 Å². The van der Waals surface area contributed by atoms with E-state index in [9.17, 15) is 4.79 Å². The van der Waals surface area contributed by atoms with E-state index in [1.165, 1.54) is 5.56 Å². The number of likely N-dealkylation sites (tertiary alicyclic amines) is 1. The largest absolute Gasteiger partial charge is 0.348 e. The van der Waals surface area contributed by atoms with Crippen LogP contribution in [-0.4, -0.2) is 39.9 Å². The fourth-order valence-electron chi connectivity index (χ4n) is 3.54. The number of pyridine rings is 2. The van der Waals surface area contributed by atoms with Crippen molar-refractivity contribution in [3.05, 3.63) is 84.2 Å². The molecule has 0 radical (unpaired) electrons. The van der Waals surface area contributed by atoms with Gasteiger partial charge in [0.15, 0.2) is 0 Å². The van der Waals surface area contributed by atoms with Crippen molar-refractivity contribution >= 4 is 17.5 Å². The number of benzene rings is 1. The van der Waals surface area contributed by atoms with Gasteiger partial charge >= 0.3 is 0 Å². The Kier molecular flexibility index (Phi) is 6.12. The Bertz CT molecular complexity index is 924. The van der Waals surface area contributed by atoms with Crippen LogP contribution in [0.4, 0.5) is 11.6 Å². The van der Waals surface area contributed by atoms with Crippen LogP contribution in [0.5, 0.6) is 0 Å². The van der Waals surface area contributed by atoms with Crippen molar-refractivity contribution in [3.63, 3.8) is 0 Å². The third-order valence-electron chi connectivity index (χ3n) is 5.07. The van der Waals surface area contributed by atoms with Crippen LogP contribution >= 0.6 is 0 Å². The van der Waals surface area contributed by atoms with E-state index in [-0.39, 0.29) is 11.9 Å². The van der Waals surface area contributed by atoms with Crippen LogP contribution in [0.15, 0.2) is 72.9 Å². The van der Waals surface area contributed by atoms with Crippen molar-refractivity contribution in [1.82, 2.24) is 20.2 Å². The Hall–Kier alpha value is -3.25. The van der Waals surface area contributed by atoms with Crippen LogP contribution in [0.25, 0.3) is 0 Å². The van der Waals surface area contributed by atoms with Gasteiger partial charge < -0.3 is 10.6 Å². The Morgan fingerprint density at radius 2 is 1.69 bits per heavy atom. The maximum Gasteiger partial charge on any atom is 0.270 e. The molecule has 6 heteroatoms. The fourth-order valence-corrected chi connectivity index (χ4v) is 3.54. The molecule has 1 fully saturated rings. The standard InChI is InChI=1S/C23H25N5O/c29-23(20-9-6-11-22(26-20)27-21-10-4-5-14-24-21)25-19-12-15-28(16-13-19)17-18-7-2-1-3-8-18/h1-11,14,19H,12-13,15-17H2,(H,25,29)(H,24,26,27). The summed E-state index contributed by atoms with van der Waals surface area (Å²) < 4.78 is 0. The minimum Gasteiger partial charge on any atom is -0.348 e. The summed E-state index contributed by atoms with van der Waals surface area (Å²) in [6, 6.07) is 21.7. The van der Waals surface area contributed by atoms with E-state index >= 15 is 0 Å². The Morgan fingerprint density at radius 1 is 0.931 bits per heavy atom. The summed E-state index contributed by atoms with van der Waals surface area (Å²) in [5.74, 6) is 1.17. The summed E-state index contributed by atoms with van der Waals surface area (Å²) >= 11 is 0. The van der Waals surface area contributed by atoms with Gasteiger partial charge in [-0.05, 0) is 42.7 Å². The average Bonchev–Trinajstić information content (AvgIpc) is 2.77.